The van der Waals surface area contributed by atoms with Crippen molar-refractivity contribution in [3.8, 4) is 5.75 Å². The molecule has 1 aromatic carbocycles. The normalized spacial score (nSPS) is 13.9. The van der Waals surface area contributed by atoms with Crippen molar-refractivity contribution in [3.05, 3.63) is 29.8 Å². The van der Waals surface area contributed by atoms with Gasteiger partial charge in [-0.2, -0.15) is 0 Å². The molecule has 1 aromatic rings. The molecule has 0 unspecified atom stereocenters. The lowest BCUT2D eigenvalue weighted by Gasteiger charge is -2.04. The second-order valence-electron chi connectivity index (χ2n) is 4.90. The van der Waals surface area contributed by atoms with Gasteiger partial charge in [0.25, 0.3) is 0 Å². The van der Waals surface area contributed by atoms with Gasteiger partial charge < -0.3 is 10.1 Å². The van der Waals surface area contributed by atoms with Crippen LogP contribution in [-0.2, 0) is 4.79 Å². The highest BCUT2D eigenvalue weighted by Gasteiger charge is 2.21. The summed E-state index contributed by atoms with van der Waals surface area (Å²) in [7, 11) is 1.58. The van der Waals surface area contributed by atoms with Crippen LogP contribution in [0, 0.1) is 5.92 Å². The predicted octanol–water partition coefficient (Wildman–Crippen LogP) is 2.18. The van der Waals surface area contributed by atoms with Crippen LogP contribution in [-0.4, -0.2) is 25.3 Å². The number of rotatable bonds is 7. The van der Waals surface area contributed by atoms with E-state index >= 15 is 0 Å². The van der Waals surface area contributed by atoms with E-state index in [9.17, 15) is 9.59 Å². The van der Waals surface area contributed by atoms with Crippen molar-refractivity contribution in [2.75, 3.05) is 13.7 Å². The van der Waals surface area contributed by atoms with Crippen LogP contribution in [0.4, 0.5) is 0 Å². The number of ether oxygens (including phenoxy) is 1. The maximum atomic E-state index is 11.9. The highest BCUT2D eigenvalue weighted by Crippen LogP contribution is 2.27. The molecule has 2 rings (SSSR count). The Hall–Kier alpha value is -1.84. The van der Waals surface area contributed by atoms with Crippen molar-refractivity contribution in [2.45, 2.75) is 25.7 Å². The van der Waals surface area contributed by atoms with Crippen LogP contribution in [0.3, 0.4) is 0 Å². The summed E-state index contributed by atoms with van der Waals surface area (Å²) in [6.45, 7) is 0.759. The van der Waals surface area contributed by atoms with Crippen molar-refractivity contribution >= 4 is 11.7 Å². The zero-order valence-electron chi connectivity index (χ0n) is 11.1. The Labute approximate surface area is 113 Å². The molecular weight excluding hydrogens is 242 g/mol. The smallest absolute Gasteiger partial charge is 0.220 e. The largest absolute Gasteiger partial charge is 0.497 e. The van der Waals surface area contributed by atoms with Gasteiger partial charge >= 0.3 is 0 Å². The summed E-state index contributed by atoms with van der Waals surface area (Å²) < 4.78 is 5.03. The molecule has 0 heterocycles. The minimum Gasteiger partial charge on any atom is -0.497 e. The molecule has 0 spiro atoms. The van der Waals surface area contributed by atoms with Gasteiger partial charge in [-0.05, 0) is 43.0 Å². The molecule has 0 bridgehead atoms. The lowest BCUT2D eigenvalue weighted by molar-refractivity contribution is -0.121. The van der Waals surface area contributed by atoms with Crippen LogP contribution in [0.2, 0.25) is 0 Å². The van der Waals surface area contributed by atoms with Crippen LogP contribution >= 0.6 is 0 Å². The molecule has 0 saturated heterocycles. The van der Waals surface area contributed by atoms with E-state index < -0.39 is 0 Å². The standard InChI is InChI=1S/C15H19NO3/c1-19-13-6-4-12(5-7-13)14(17)8-9-15(18)16-10-11-2-3-11/h4-7,11H,2-3,8-10H2,1H3,(H,16,18). The summed E-state index contributed by atoms with van der Waals surface area (Å²) >= 11 is 0. The molecule has 0 atom stereocenters. The molecule has 1 saturated carbocycles. The molecule has 0 aliphatic heterocycles. The minimum absolute atomic E-state index is 0.00998. The Bertz CT molecular complexity index is 449. The van der Waals surface area contributed by atoms with E-state index in [1.807, 2.05) is 0 Å². The third-order valence-electron chi connectivity index (χ3n) is 3.28. The summed E-state index contributed by atoms with van der Waals surface area (Å²) in [5, 5.41) is 2.86. The monoisotopic (exact) mass is 261 g/mol. The van der Waals surface area contributed by atoms with Crippen LogP contribution in [0.1, 0.15) is 36.0 Å². The first kappa shape index (κ1) is 13.6. The van der Waals surface area contributed by atoms with Gasteiger partial charge in [0.05, 0.1) is 7.11 Å². The van der Waals surface area contributed by atoms with E-state index in [1.54, 1.807) is 31.4 Å². The SMILES string of the molecule is COc1ccc(C(=O)CCC(=O)NCC2CC2)cc1. The maximum absolute atomic E-state index is 11.9. The fourth-order valence-corrected chi connectivity index (χ4v) is 1.82. The number of Topliss-reactive ketones (excluding diaryl/α,β-unsaturated/α-hetero) is 1. The Kier molecular flexibility index (Phi) is 4.55. The van der Waals surface area contributed by atoms with Crippen molar-refractivity contribution in [2.24, 2.45) is 5.92 Å². The number of hydrogen-bond acceptors (Lipinski definition) is 3. The third kappa shape index (κ3) is 4.39. The Morgan fingerprint density at radius 2 is 1.89 bits per heavy atom. The fourth-order valence-electron chi connectivity index (χ4n) is 1.82. The summed E-state index contributed by atoms with van der Waals surface area (Å²) in [5.41, 5.74) is 0.621. The average Bonchev–Trinajstić information content (AvgIpc) is 3.26. The minimum atomic E-state index is -0.0336. The summed E-state index contributed by atoms with van der Waals surface area (Å²) in [5.74, 6) is 1.35. The summed E-state index contributed by atoms with van der Waals surface area (Å²) in [4.78, 5) is 23.4. The molecule has 1 aliphatic rings. The second-order valence-corrected chi connectivity index (χ2v) is 4.90. The van der Waals surface area contributed by atoms with Crippen molar-refractivity contribution in [3.63, 3.8) is 0 Å². The summed E-state index contributed by atoms with van der Waals surface area (Å²) in [6, 6.07) is 6.95. The zero-order valence-corrected chi connectivity index (χ0v) is 11.1. The van der Waals surface area contributed by atoms with Gasteiger partial charge in [0.15, 0.2) is 5.78 Å². The Balaban J connectivity index is 1.74. The third-order valence-corrected chi connectivity index (χ3v) is 3.28. The molecular formula is C15H19NO3. The average molecular weight is 261 g/mol. The molecule has 0 aromatic heterocycles. The first-order valence-corrected chi connectivity index (χ1v) is 6.63. The van der Waals surface area contributed by atoms with E-state index in [-0.39, 0.29) is 24.5 Å². The Morgan fingerprint density at radius 1 is 1.21 bits per heavy atom. The molecule has 1 N–H and O–H groups in total. The molecule has 1 fully saturated rings. The summed E-state index contributed by atoms with van der Waals surface area (Å²) in [6.07, 6.45) is 2.94. The van der Waals surface area contributed by atoms with E-state index in [4.69, 9.17) is 4.74 Å². The molecule has 4 nitrogen and oxygen atoms in total. The van der Waals surface area contributed by atoms with E-state index in [0.29, 0.717) is 11.5 Å². The van der Waals surface area contributed by atoms with Crippen LogP contribution in [0.15, 0.2) is 24.3 Å². The molecule has 0 radical (unpaired) electrons. The van der Waals surface area contributed by atoms with E-state index in [1.165, 1.54) is 12.8 Å². The van der Waals surface area contributed by atoms with Gasteiger partial charge in [0, 0.05) is 24.9 Å². The number of ketones is 1. The van der Waals surface area contributed by atoms with Crippen molar-refractivity contribution in [1.29, 1.82) is 0 Å². The van der Waals surface area contributed by atoms with Gasteiger partial charge in [0.1, 0.15) is 5.75 Å². The van der Waals surface area contributed by atoms with Crippen LogP contribution in [0.5, 0.6) is 5.75 Å². The lowest BCUT2D eigenvalue weighted by atomic mass is 10.1. The highest BCUT2D eigenvalue weighted by atomic mass is 16.5. The molecule has 1 aliphatic carbocycles. The van der Waals surface area contributed by atoms with Gasteiger partial charge in [-0.3, -0.25) is 9.59 Å². The van der Waals surface area contributed by atoms with E-state index in [2.05, 4.69) is 5.32 Å². The van der Waals surface area contributed by atoms with Crippen molar-refractivity contribution < 1.29 is 14.3 Å². The van der Waals surface area contributed by atoms with Gasteiger partial charge in [0.2, 0.25) is 5.91 Å². The quantitative estimate of drug-likeness (QED) is 0.765. The molecule has 4 heteroatoms. The fraction of sp³-hybridized carbons (Fsp3) is 0.467. The van der Waals surface area contributed by atoms with Gasteiger partial charge in [-0.25, -0.2) is 0 Å². The van der Waals surface area contributed by atoms with E-state index in [0.717, 1.165) is 12.3 Å². The van der Waals surface area contributed by atoms with Crippen molar-refractivity contribution in [1.82, 2.24) is 5.32 Å². The number of nitrogens with one attached hydrogen (secondary N) is 1. The predicted molar refractivity (Wildman–Crippen MR) is 72.3 cm³/mol. The lowest BCUT2D eigenvalue weighted by Crippen LogP contribution is -2.25. The number of benzene rings is 1. The van der Waals surface area contributed by atoms with Crippen LogP contribution < -0.4 is 10.1 Å². The number of hydrogen-bond donors (Lipinski definition) is 1. The first-order valence-electron chi connectivity index (χ1n) is 6.63. The first-order chi connectivity index (χ1) is 9.19. The number of carbonyl (C=O) groups is 2. The second kappa shape index (κ2) is 6.36. The maximum Gasteiger partial charge on any atom is 0.220 e. The van der Waals surface area contributed by atoms with Crippen LogP contribution in [0.25, 0.3) is 0 Å². The highest BCUT2D eigenvalue weighted by molar-refractivity contribution is 5.98. The number of methoxy groups -OCH3 is 1. The molecule has 19 heavy (non-hydrogen) atoms. The number of amides is 1. The topological polar surface area (TPSA) is 55.4 Å². The zero-order chi connectivity index (χ0) is 13.7. The number of carbonyl (C=O) groups excluding carboxylic acids is 2. The Morgan fingerprint density at radius 3 is 2.47 bits per heavy atom. The van der Waals surface area contributed by atoms with Gasteiger partial charge in [-0.15, -0.1) is 0 Å². The van der Waals surface area contributed by atoms with Gasteiger partial charge in [-0.1, -0.05) is 0 Å². The molecule has 1 amide bonds. The molecule has 102 valence electrons.